The molecule has 25 heavy (non-hydrogen) atoms. The zero-order valence-corrected chi connectivity index (χ0v) is 15.8. The van der Waals surface area contributed by atoms with Gasteiger partial charge < -0.3 is 9.15 Å². The standard InChI is InChI=1S/C19H27N3O3/c1-12(2)16(18(23)25-19(4,5)6)20-11-15-21-22-17(24-15)14-9-7-13(3)8-10-14/h7-10,12,16,20H,11H2,1-6H3/t16-/m0/s1. The monoisotopic (exact) mass is 345 g/mol. The number of esters is 1. The molecular formula is C19H27N3O3. The highest BCUT2D eigenvalue weighted by molar-refractivity contribution is 5.76. The predicted molar refractivity (Wildman–Crippen MR) is 95.8 cm³/mol. The first-order valence-corrected chi connectivity index (χ1v) is 8.51. The SMILES string of the molecule is Cc1ccc(-c2nnc(CN[C@H](C(=O)OC(C)(C)C)C(C)C)o2)cc1. The lowest BCUT2D eigenvalue weighted by molar-refractivity contribution is -0.158. The summed E-state index contributed by atoms with van der Waals surface area (Å²) >= 11 is 0. The van der Waals surface area contributed by atoms with Gasteiger partial charge in [0.15, 0.2) is 0 Å². The third-order valence-electron chi connectivity index (χ3n) is 3.57. The third-order valence-corrected chi connectivity index (χ3v) is 3.57. The van der Waals surface area contributed by atoms with E-state index >= 15 is 0 Å². The van der Waals surface area contributed by atoms with Crippen LogP contribution in [0.4, 0.5) is 0 Å². The maximum absolute atomic E-state index is 12.3. The second-order valence-corrected chi connectivity index (χ2v) is 7.50. The van der Waals surface area contributed by atoms with Crippen LogP contribution in [0, 0.1) is 12.8 Å². The van der Waals surface area contributed by atoms with Gasteiger partial charge in [-0.05, 0) is 45.7 Å². The van der Waals surface area contributed by atoms with E-state index in [1.165, 1.54) is 5.56 Å². The van der Waals surface area contributed by atoms with Crippen molar-refractivity contribution >= 4 is 5.97 Å². The lowest BCUT2D eigenvalue weighted by Crippen LogP contribution is -2.44. The first-order valence-electron chi connectivity index (χ1n) is 8.51. The number of rotatable bonds is 6. The smallest absolute Gasteiger partial charge is 0.323 e. The van der Waals surface area contributed by atoms with E-state index in [4.69, 9.17) is 9.15 Å². The van der Waals surface area contributed by atoms with Crippen LogP contribution in [0.3, 0.4) is 0 Å². The fourth-order valence-corrected chi connectivity index (χ4v) is 2.29. The minimum Gasteiger partial charge on any atom is -0.459 e. The number of aromatic nitrogens is 2. The lowest BCUT2D eigenvalue weighted by Gasteiger charge is -2.26. The summed E-state index contributed by atoms with van der Waals surface area (Å²) in [5.74, 6) is 0.704. The van der Waals surface area contributed by atoms with Crippen molar-refractivity contribution in [3.8, 4) is 11.5 Å². The first-order chi connectivity index (χ1) is 11.7. The van der Waals surface area contributed by atoms with Crippen molar-refractivity contribution in [1.29, 1.82) is 0 Å². The van der Waals surface area contributed by atoms with Crippen LogP contribution in [-0.4, -0.2) is 27.8 Å². The van der Waals surface area contributed by atoms with E-state index in [-0.39, 0.29) is 11.9 Å². The molecule has 2 rings (SSSR count). The Balaban J connectivity index is 2.01. The minimum atomic E-state index is -0.519. The molecule has 1 aromatic heterocycles. The van der Waals surface area contributed by atoms with E-state index < -0.39 is 11.6 Å². The molecule has 0 fully saturated rings. The molecule has 1 aromatic carbocycles. The van der Waals surface area contributed by atoms with Gasteiger partial charge in [0, 0.05) is 5.56 Å². The Morgan fingerprint density at radius 2 is 1.84 bits per heavy atom. The van der Waals surface area contributed by atoms with Crippen molar-refractivity contribution < 1.29 is 13.9 Å². The molecule has 0 aliphatic heterocycles. The van der Waals surface area contributed by atoms with Crippen LogP contribution < -0.4 is 5.32 Å². The van der Waals surface area contributed by atoms with E-state index in [1.54, 1.807) is 0 Å². The summed E-state index contributed by atoms with van der Waals surface area (Å²) in [5.41, 5.74) is 1.52. The molecule has 6 nitrogen and oxygen atoms in total. The summed E-state index contributed by atoms with van der Waals surface area (Å²) in [6.07, 6.45) is 0. The molecule has 2 aromatic rings. The maximum Gasteiger partial charge on any atom is 0.323 e. The highest BCUT2D eigenvalue weighted by atomic mass is 16.6. The van der Waals surface area contributed by atoms with E-state index in [9.17, 15) is 4.79 Å². The summed E-state index contributed by atoms with van der Waals surface area (Å²) in [6.45, 7) is 11.8. The summed E-state index contributed by atoms with van der Waals surface area (Å²) in [7, 11) is 0. The quantitative estimate of drug-likeness (QED) is 0.808. The van der Waals surface area contributed by atoms with Gasteiger partial charge >= 0.3 is 5.97 Å². The molecule has 0 radical (unpaired) electrons. The van der Waals surface area contributed by atoms with E-state index in [0.29, 0.717) is 18.3 Å². The zero-order chi connectivity index (χ0) is 18.6. The van der Waals surface area contributed by atoms with Gasteiger partial charge in [0.25, 0.3) is 0 Å². The number of carbonyl (C=O) groups excluding carboxylic acids is 1. The number of nitrogens with zero attached hydrogens (tertiary/aromatic N) is 2. The van der Waals surface area contributed by atoms with Crippen molar-refractivity contribution in [2.24, 2.45) is 5.92 Å². The molecule has 0 saturated heterocycles. The molecule has 1 heterocycles. The van der Waals surface area contributed by atoms with Crippen molar-refractivity contribution in [3.05, 3.63) is 35.7 Å². The van der Waals surface area contributed by atoms with Gasteiger partial charge in [0.05, 0.1) is 6.54 Å². The molecule has 0 amide bonds. The van der Waals surface area contributed by atoms with Crippen LogP contribution in [0.2, 0.25) is 0 Å². The van der Waals surface area contributed by atoms with Gasteiger partial charge in [0.1, 0.15) is 11.6 Å². The molecule has 0 bridgehead atoms. The average Bonchev–Trinajstić information content (AvgIpc) is 2.95. The average molecular weight is 345 g/mol. The van der Waals surface area contributed by atoms with E-state index in [2.05, 4.69) is 15.5 Å². The number of hydrogen-bond donors (Lipinski definition) is 1. The minimum absolute atomic E-state index is 0.0781. The number of aryl methyl sites for hydroxylation is 1. The summed E-state index contributed by atoms with van der Waals surface area (Å²) in [6, 6.07) is 7.44. The fraction of sp³-hybridized carbons (Fsp3) is 0.526. The summed E-state index contributed by atoms with van der Waals surface area (Å²) < 4.78 is 11.2. The Morgan fingerprint density at radius 1 is 1.20 bits per heavy atom. The Hall–Kier alpha value is -2.21. The lowest BCUT2D eigenvalue weighted by atomic mass is 10.0. The van der Waals surface area contributed by atoms with Gasteiger partial charge in [-0.3, -0.25) is 10.1 Å². The van der Waals surface area contributed by atoms with Crippen molar-refractivity contribution in [1.82, 2.24) is 15.5 Å². The zero-order valence-electron chi connectivity index (χ0n) is 15.8. The van der Waals surface area contributed by atoms with E-state index in [1.807, 2.05) is 65.8 Å². The second kappa shape index (κ2) is 7.78. The Bertz CT molecular complexity index is 699. The highest BCUT2D eigenvalue weighted by Gasteiger charge is 2.27. The molecule has 1 atom stereocenters. The number of nitrogens with one attached hydrogen (secondary N) is 1. The van der Waals surface area contributed by atoms with Gasteiger partial charge in [0.2, 0.25) is 11.8 Å². The van der Waals surface area contributed by atoms with Crippen LogP contribution in [0.25, 0.3) is 11.5 Å². The van der Waals surface area contributed by atoms with Crippen LogP contribution in [-0.2, 0) is 16.1 Å². The van der Waals surface area contributed by atoms with Crippen LogP contribution >= 0.6 is 0 Å². The van der Waals surface area contributed by atoms with Gasteiger partial charge in [-0.2, -0.15) is 0 Å². The van der Waals surface area contributed by atoms with Gasteiger partial charge in [-0.25, -0.2) is 0 Å². The van der Waals surface area contributed by atoms with Gasteiger partial charge in [-0.15, -0.1) is 10.2 Å². The number of hydrogen-bond acceptors (Lipinski definition) is 6. The van der Waals surface area contributed by atoms with Crippen molar-refractivity contribution in [3.63, 3.8) is 0 Å². The number of carbonyl (C=O) groups is 1. The Labute approximate surface area is 149 Å². The normalized spacial score (nSPS) is 13.1. The predicted octanol–water partition coefficient (Wildman–Crippen LogP) is 3.50. The number of benzene rings is 1. The van der Waals surface area contributed by atoms with Crippen LogP contribution in [0.15, 0.2) is 28.7 Å². The first kappa shape index (κ1) is 19.1. The molecule has 0 aliphatic rings. The van der Waals surface area contributed by atoms with Gasteiger partial charge in [-0.1, -0.05) is 31.5 Å². The topological polar surface area (TPSA) is 77.2 Å². The molecule has 0 spiro atoms. The third kappa shape index (κ3) is 5.67. The molecule has 6 heteroatoms. The van der Waals surface area contributed by atoms with Crippen molar-refractivity contribution in [2.75, 3.05) is 0 Å². The molecular weight excluding hydrogens is 318 g/mol. The summed E-state index contributed by atoms with van der Waals surface area (Å²) in [5, 5.41) is 11.3. The van der Waals surface area contributed by atoms with Crippen LogP contribution in [0.1, 0.15) is 46.1 Å². The molecule has 0 aliphatic carbocycles. The molecule has 136 valence electrons. The van der Waals surface area contributed by atoms with E-state index in [0.717, 1.165) is 5.56 Å². The fourth-order valence-electron chi connectivity index (χ4n) is 2.29. The largest absolute Gasteiger partial charge is 0.459 e. The Kier molecular flexibility index (Phi) is 5.95. The number of ether oxygens (including phenoxy) is 1. The highest BCUT2D eigenvalue weighted by Crippen LogP contribution is 2.18. The summed E-state index contributed by atoms with van der Waals surface area (Å²) in [4.78, 5) is 12.3. The van der Waals surface area contributed by atoms with Crippen molar-refractivity contribution in [2.45, 2.75) is 59.7 Å². The maximum atomic E-state index is 12.3. The Morgan fingerprint density at radius 3 is 2.40 bits per heavy atom. The molecule has 1 N–H and O–H groups in total. The molecule has 0 saturated carbocycles. The second-order valence-electron chi connectivity index (χ2n) is 7.50. The van der Waals surface area contributed by atoms with Crippen LogP contribution in [0.5, 0.6) is 0 Å². The molecule has 0 unspecified atom stereocenters.